The lowest BCUT2D eigenvalue weighted by Gasteiger charge is -2.14. The van der Waals surface area contributed by atoms with Crippen molar-refractivity contribution >= 4 is 39.7 Å². The molecule has 0 saturated heterocycles. The molecule has 3 amide bonds. The van der Waals surface area contributed by atoms with Crippen LogP contribution in [-0.2, 0) is 27.4 Å². The van der Waals surface area contributed by atoms with E-state index in [2.05, 4.69) is 10.6 Å². The molecule has 1 heterocycles. The summed E-state index contributed by atoms with van der Waals surface area (Å²) in [6.45, 7) is -0.547. The molecule has 166 valence electrons. The van der Waals surface area contributed by atoms with E-state index in [0.717, 1.165) is 5.56 Å². The lowest BCUT2D eigenvalue weighted by molar-refractivity contribution is -0.148. The molecule has 0 atom stereocenters. The van der Waals surface area contributed by atoms with Gasteiger partial charge in [-0.05, 0) is 29.8 Å². The van der Waals surface area contributed by atoms with Gasteiger partial charge in [0.15, 0.2) is 12.0 Å². The number of carbonyl (C=O) groups excluding carboxylic acids is 3. The van der Waals surface area contributed by atoms with Gasteiger partial charge in [0.25, 0.3) is 5.91 Å². The summed E-state index contributed by atoms with van der Waals surface area (Å²) in [6, 6.07) is 22.5. The van der Waals surface area contributed by atoms with Crippen molar-refractivity contribution in [1.82, 2.24) is 15.2 Å². The molecule has 0 fully saturated rings. The highest BCUT2D eigenvalue weighted by molar-refractivity contribution is 5.96. The van der Waals surface area contributed by atoms with E-state index in [1.165, 1.54) is 0 Å². The van der Waals surface area contributed by atoms with Gasteiger partial charge < -0.3 is 14.6 Å². The summed E-state index contributed by atoms with van der Waals surface area (Å²) in [7, 11) is 0. The third-order valence-electron chi connectivity index (χ3n) is 5.08. The highest BCUT2D eigenvalue weighted by atomic mass is 16.5. The summed E-state index contributed by atoms with van der Waals surface area (Å²) in [6.07, 6.45) is 0. The van der Waals surface area contributed by atoms with Crippen LogP contribution in [0.15, 0.2) is 83.7 Å². The molecule has 0 aliphatic heterocycles. The maximum atomic E-state index is 12.8. The molecule has 1 aromatic heterocycles. The standard InChI is InChI=1S/C25H21N3O5/c29-22(27-25(32)26-14-17-8-2-1-3-9-17)16-33-23(30)15-28-20-12-6-4-10-18(20)24(31)19-11-5-7-13-21(19)28/h1-13H,14-16H2,(H2,26,27,29,32). The molecule has 0 saturated carbocycles. The number of nitrogens with one attached hydrogen (secondary N) is 2. The van der Waals surface area contributed by atoms with Crippen molar-refractivity contribution in [1.29, 1.82) is 0 Å². The smallest absolute Gasteiger partial charge is 0.326 e. The summed E-state index contributed by atoms with van der Waals surface area (Å²) in [5.41, 5.74) is 1.93. The Morgan fingerprint density at radius 1 is 0.788 bits per heavy atom. The van der Waals surface area contributed by atoms with Crippen molar-refractivity contribution in [3.05, 3.63) is 94.6 Å². The van der Waals surface area contributed by atoms with Gasteiger partial charge in [0.05, 0.1) is 11.0 Å². The van der Waals surface area contributed by atoms with Crippen LogP contribution in [0.2, 0.25) is 0 Å². The Bertz CT molecular complexity index is 1340. The lowest BCUT2D eigenvalue weighted by Crippen LogP contribution is -2.41. The van der Waals surface area contributed by atoms with E-state index in [1.807, 2.05) is 30.3 Å². The molecule has 4 rings (SSSR count). The van der Waals surface area contributed by atoms with E-state index in [4.69, 9.17) is 4.74 Å². The molecule has 0 spiro atoms. The first kappa shape index (κ1) is 21.8. The Kier molecular flexibility index (Phi) is 6.45. The van der Waals surface area contributed by atoms with E-state index in [9.17, 15) is 19.2 Å². The maximum Gasteiger partial charge on any atom is 0.326 e. The number of esters is 1. The molecule has 0 bridgehead atoms. The Balaban J connectivity index is 1.39. The minimum absolute atomic E-state index is 0.119. The molecule has 4 aromatic rings. The Hall–Kier alpha value is -4.46. The molecule has 0 aliphatic rings. The average Bonchev–Trinajstić information content (AvgIpc) is 2.85. The molecule has 0 unspecified atom stereocenters. The fourth-order valence-electron chi connectivity index (χ4n) is 3.55. The number of carbonyl (C=O) groups is 3. The van der Waals surface area contributed by atoms with Crippen molar-refractivity contribution in [3.8, 4) is 0 Å². The predicted octanol–water partition coefficient (Wildman–Crippen LogP) is 2.72. The summed E-state index contributed by atoms with van der Waals surface area (Å²) < 4.78 is 6.75. The van der Waals surface area contributed by atoms with E-state index in [0.29, 0.717) is 21.8 Å². The number of pyridine rings is 1. The van der Waals surface area contributed by atoms with Crippen LogP contribution in [0.3, 0.4) is 0 Å². The Morgan fingerprint density at radius 3 is 2.00 bits per heavy atom. The Labute approximate surface area is 188 Å². The maximum absolute atomic E-state index is 12.8. The molecule has 0 radical (unpaired) electrons. The van der Waals surface area contributed by atoms with Crippen molar-refractivity contribution < 1.29 is 19.1 Å². The summed E-state index contributed by atoms with van der Waals surface area (Å²) in [4.78, 5) is 49.1. The molecule has 3 aromatic carbocycles. The second-order valence-corrected chi connectivity index (χ2v) is 7.33. The highest BCUT2D eigenvalue weighted by Gasteiger charge is 2.15. The van der Waals surface area contributed by atoms with E-state index >= 15 is 0 Å². The van der Waals surface area contributed by atoms with Crippen molar-refractivity contribution in [2.75, 3.05) is 6.61 Å². The lowest BCUT2D eigenvalue weighted by atomic mass is 10.1. The van der Waals surface area contributed by atoms with Gasteiger partial charge >= 0.3 is 12.0 Å². The van der Waals surface area contributed by atoms with Gasteiger partial charge in [-0.3, -0.25) is 19.7 Å². The number of amides is 3. The van der Waals surface area contributed by atoms with Crippen LogP contribution in [-0.4, -0.2) is 29.1 Å². The first-order valence-corrected chi connectivity index (χ1v) is 10.3. The van der Waals surface area contributed by atoms with Gasteiger partial charge in [-0.2, -0.15) is 0 Å². The van der Waals surface area contributed by atoms with Gasteiger partial charge in [0, 0.05) is 17.3 Å². The quantitative estimate of drug-likeness (QED) is 0.352. The molecular weight excluding hydrogens is 422 g/mol. The van der Waals surface area contributed by atoms with Gasteiger partial charge in [-0.1, -0.05) is 54.6 Å². The predicted molar refractivity (Wildman–Crippen MR) is 123 cm³/mol. The second-order valence-electron chi connectivity index (χ2n) is 7.33. The van der Waals surface area contributed by atoms with Gasteiger partial charge in [0.1, 0.15) is 6.54 Å². The van der Waals surface area contributed by atoms with E-state index < -0.39 is 24.5 Å². The fourth-order valence-corrected chi connectivity index (χ4v) is 3.55. The zero-order valence-corrected chi connectivity index (χ0v) is 17.6. The van der Waals surface area contributed by atoms with Crippen LogP contribution in [0.1, 0.15) is 5.56 Å². The number of ether oxygens (including phenoxy) is 1. The van der Waals surface area contributed by atoms with Gasteiger partial charge in [0.2, 0.25) is 0 Å². The monoisotopic (exact) mass is 443 g/mol. The fraction of sp³-hybridized carbons (Fsp3) is 0.120. The molecule has 33 heavy (non-hydrogen) atoms. The normalized spacial score (nSPS) is 10.7. The number of hydrogen-bond donors (Lipinski definition) is 2. The molecule has 8 nitrogen and oxygen atoms in total. The number of urea groups is 1. The van der Waals surface area contributed by atoms with Crippen LogP contribution in [0.5, 0.6) is 0 Å². The second kappa shape index (κ2) is 9.78. The zero-order valence-electron chi connectivity index (χ0n) is 17.6. The molecule has 2 N–H and O–H groups in total. The summed E-state index contributed by atoms with van der Waals surface area (Å²) in [5, 5.41) is 5.65. The molecular formula is C25H21N3O5. The van der Waals surface area contributed by atoms with Crippen LogP contribution in [0, 0.1) is 0 Å². The number of para-hydroxylation sites is 2. The number of hydrogen-bond acceptors (Lipinski definition) is 5. The van der Waals surface area contributed by atoms with Crippen LogP contribution in [0.4, 0.5) is 4.79 Å². The van der Waals surface area contributed by atoms with Gasteiger partial charge in [-0.15, -0.1) is 0 Å². The van der Waals surface area contributed by atoms with Crippen LogP contribution in [0.25, 0.3) is 21.8 Å². The highest BCUT2D eigenvalue weighted by Crippen LogP contribution is 2.19. The minimum atomic E-state index is -0.747. The summed E-state index contributed by atoms with van der Waals surface area (Å²) in [5.74, 6) is -1.42. The van der Waals surface area contributed by atoms with Crippen LogP contribution < -0.4 is 16.1 Å². The average molecular weight is 443 g/mol. The molecule has 8 heteroatoms. The van der Waals surface area contributed by atoms with Gasteiger partial charge in [-0.25, -0.2) is 4.79 Å². The topological polar surface area (TPSA) is 106 Å². The Morgan fingerprint density at radius 2 is 1.36 bits per heavy atom. The zero-order chi connectivity index (χ0) is 23.2. The van der Waals surface area contributed by atoms with E-state index in [1.54, 1.807) is 53.1 Å². The molecule has 0 aliphatic carbocycles. The number of benzene rings is 3. The number of rotatable bonds is 6. The third-order valence-corrected chi connectivity index (χ3v) is 5.08. The SMILES string of the molecule is O=C(COC(=O)Cn1c2ccccc2c(=O)c2ccccc21)NC(=O)NCc1ccccc1. The minimum Gasteiger partial charge on any atom is -0.454 e. The van der Waals surface area contributed by atoms with Crippen molar-refractivity contribution in [3.63, 3.8) is 0 Å². The number of nitrogens with zero attached hydrogens (tertiary/aromatic N) is 1. The third kappa shape index (κ3) is 5.07. The first-order chi connectivity index (χ1) is 16.0. The first-order valence-electron chi connectivity index (χ1n) is 10.3. The van der Waals surface area contributed by atoms with Crippen molar-refractivity contribution in [2.45, 2.75) is 13.1 Å². The van der Waals surface area contributed by atoms with Crippen LogP contribution >= 0.6 is 0 Å². The summed E-state index contributed by atoms with van der Waals surface area (Å²) >= 11 is 0. The number of aromatic nitrogens is 1. The largest absolute Gasteiger partial charge is 0.454 e. The van der Waals surface area contributed by atoms with E-state index in [-0.39, 0.29) is 18.5 Å². The number of fused-ring (bicyclic) bond motifs is 2. The van der Waals surface area contributed by atoms with Crippen molar-refractivity contribution in [2.24, 2.45) is 0 Å². The number of imide groups is 1.